The zero-order valence-corrected chi connectivity index (χ0v) is 22.4. The lowest BCUT2D eigenvalue weighted by molar-refractivity contribution is 0.231. The molecule has 0 bridgehead atoms. The standard InChI is InChI=1S/C31H25F2N5O3/c1-16(2)40-22-13-12-19(14-21(22)33)27-26-30(34)35-15-36-31(26)38(37-27)17(3)29-24(18-8-5-4-6-9-18)28(39)25-20(32)10-7-11-23(25)41-29/h4-17H,1-3H3,(H2,34,35,36)/t17-/m1/s1. The Morgan fingerprint density at radius 3 is 2.41 bits per heavy atom. The van der Waals surface area contributed by atoms with Crippen LogP contribution in [0.15, 0.2) is 82.3 Å². The van der Waals surface area contributed by atoms with Crippen LogP contribution in [-0.4, -0.2) is 25.9 Å². The van der Waals surface area contributed by atoms with Crippen LogP contribution in [0.3, 0.4) is 0 Å². The molecule has 0 fully saturated rings. The first-order valence-electron chi connectivity index (χ1n) is 13.0. The first-order chi connectivity index (χ1) is 19.7. The quantitative estimate of drug-likeness (QED) is 0.250. The molecule has 6 rings (SSSR count). The highest BCUT2D eigenvalue weighted by atomic mass is 19.1. The third-order valence-corrected chi connectivity index (χ3v) is 6.79. The Kier molecular flexibility index (Phi) is 6.45. The summed E-state index contributed by atoms with van der Waals surface area (Å²) in [4.78, 5) is 22.3. The number of benzene rings is 3. The minimum Gasteiger partial charge on any atom is -0.488 e. The highest BCUT2D eigenvalue weighted by molar-refractivity contribution is 5.98. The van der Waals surface area contributed by atoms with Crippen LogP contribution in [0.1, 0.15) is 32.6 Å². The van der Waals surface area contributed by atoms with Crippen molar-refractivity contribution in [1.29, 1.82) is 0 Å². The van der Waals surface area contributed by atoms with Gasteiger partial charge in [-0.15, -0.1) is 0 Å². The molecule has 0 aliphatic heterocycles. The summed E-state index contributed by atoms with van der Waals surface area (Å²) in [6, 6.07) is 16.9. The van der Waals surface area contributed by atoms with Crippen LogP contribution >= 0.6 is 0 Å². The van der Waals surface area contributed by atoms with Crippen molar-refractivity contribution < 1.29 is 17.9 Å². The minimum atomic E-state index is -0.718. The van der Waals surface area contributed by atoms with Crippen molar-refractivity contribution >= 4 is 27.8 Å². The summed E-state index contributed by atoms with van der Waals surface area (Å²) >= 11 is 0. The van der Waals surface area contributed by atoms with E-state index in [1.54, 1.807) is 48.0 Å². The van der Waals surface area contributed by atoms with E-state index in [2.05, 4.69) is 9.97 Å². The van der Waals surface area contributed by atoms with E-state index in [9.17, 15) is 13.6 Å². The van der Waals surface area contributed by atoms with Crippen LogP contribution < -0.4 is 15.9 Å². The van der Waals surface area contributed by atoms with Crippen molar-refractivity contribution in [3.8, 4) is 28.1 Å². The molecule has 3 aromatic carbocycles. The predicted molar refractivity (Wildman–Crippen MR) is 153 cm³/mol. The Bertz CT molecular complexity index is 1990. The second-order valence-electron chi connectivity index (χ2n) is 9.89. The lowest BCUT2D eigenvalue weighted by atomic mass is 9.99. The van der Waals surface area contributed by atoms with E-state index >= 15 is 0 Å². The molecular formula is C31H25F2N5O3. The number of hydrogen-bond acceptors (Lipinski definition) is 7. The number of nitrogens with zero attached hydrogens (tertiary/aromatic N) is 4. The van der Waals surface area contributed by atoms with Crippen molar-refractivity contribution in [2.24, 2.45) is 0 Å². The fourth-order valence-corrected chi connectivity index (χ4v) is 4.96. The molecule has 6 aromatic rings. The molecule has 0 aliphatic rings. The molecule has 0 aliphatic carbocycles. The van der Waals surface area contributed by atoms with Gasteiger partial charge in [-0.25, -0.2) is 23.4 Å². The molecule has 2 N–H and O–H groups in total. The zero-order chi connectivity index (χ0) is 28.8. The molecule has 10 heteroatoms. The average Bonchev–Trinajstić information content (AvgIpc) is 3.35. The van der Waals surface area contributed by atoms with Crippen LogP contribution in [0.25, 0.3) is 44.4 Å². The summed E-state index contributed by atoms with van der Waals surface area (Å²) in [6.45, 7) is 5.40. The van der Waals surface area contributed by atoms with Gasteiger partial charge in [0, 0.05) is 5.56 Å². The Labute approximate surface area is 233 Å². The molecule has 3 heterocycles. The third kappa shape index (κ3) is 4.47. The van der Waals surface area contributed by atoms with Gasteiger partial charge >= 0.3 is 0 Å². The Morgan fingerprint density at radius 1 is 0.902 bits per heavy atom. The Morgan fingerprint density at radius 2 is 1.68 bits per heavy atom. The highest BCUT2D eigenvalue weighted by Crippen LogP contribution is 2.37. The van der Waals surface area contributed by atoms with E-state index in [0.717, 1.165) is 0 Å². The third-order valence-electron chi connectivity index (χ3n) is 6.79. The van der Waals surface area contributed by atoms with E-state index in [1.807, 2.05) is 19.9 Å². The molecule has 0 unspecified atom stereocenters. The topological polar surface area (TPSA) is 109 Å². The molecule has 3 aromatic heterocycles. The number of rotatable bonds is 6. The molecule has 0 spiro atoms. The summed E-state index contributed by atoms with van der Waals surface area (Å²) < 4.78 is 43.1. The second-order valence-corrected chi connectivity index (χ2v) is 9.89. The summed E-state index contributed by atoms with van der Waals surface area (Å²) in [5.41, 5.74) is 7.75. The van der Waals surface area contributed by atoms with Gasteiger partial charge in [-0.05, 0) is 56.7 Å². The number of aromatic nitrogens is 4. The number of fused-ring (bicyclic) bond motifs is 2. The average molecular weight is 554 g/mol. The molecule has 0 amide bonds. The summed E-state index contributed by atoms with van der Waals surface area (Å²) in [5.74, 6) is -0.720. The van der Waals surface area contributed by atoms with Gasteiger partial charge in [0.25, 0.3) is 0 Å². The highest BCUT2D eigenvalue weighted by Gasteiger charge is 2.28. The maximum absolute atomic E-state index is 15.0. The molecule has 8 nitrogen and oxygen atoms in total. The van der Waals surface area contributed by atoms with Gasteiger partial charge in [0.05, 0.1) is 17.1 Å². The lowest BCUT2D eigenvalue weighted by Gasteiger charge is -2.17. The van der Waals surface area contributed by atoms with E-state index < -0.39 is 23.1 Å². The molecule has 0 saturated heterocycles. The SMILES string of the molecule is CC(C)Oc1ccc(-c2nn([C@H](C)c3oc4cccc(F)c4c(=O)c3-c3ccccc3)c3ncnc(N)c23)cc1F. The molecular weight excluding hydrogens is 528 g/mol. The van der Waals surface area contributed by atoms with E-state index in [-0.39, 0.29) is 40.0 Å². The van der Waals surface area contributed by atoms with Gasteiger partial charge in [0.1, 0.15) is 46.4 Å². The number of halogens is 2. The normalized spacial score (nSPS) is 12.3. The van der Waals surface area contributed by atoms with Gasteiger partial charge in [0.15, 0.2) is 17.2 Å². The maximum atomic E-state index is 15.0. The van der Waals surface area contributed by atoms with Gasteiger partial charge in [-0.2, -0.15) is 5.10 Å². The largest absolute Gasteiger partial charge is 0.488 e. The van der Waals surface area contributed by atoms with Gasteiger partial charge < -0.3 is 14.9 Å². The van der Waals surface area contributed by atoms with Crippen molar-refractivity contribution in [1.82, 2.24) is 19.7 Å². The molecule has 0 radical (unpaired) electrons. The van der Waals surface area contributed by atoms with Crippen LogP contribution in [0.4, 0.5) is 14.6 Å². The number of anilines is 1. The van der Waals surface area contributed by atoms with Crippen LogP contribution in [-0.2, 0) is 0 Å². The van der Waals surface area contributed by atoms with Crippen molar-refractivity contribution in [3.05, 3.63) is 101 Å². The van der Waals surface area contributed by atoms with Gasteiger partial charge in [0.2, 0.25) is 5.43 Å². The zero-order valence-electron chi connectivity index (χ0n) is 22.4. The van der Waals surface area contributed by atoms with Crippen LogP contribution in [0.2, 0.25) is 0 Å². The van der Waals surface area contributed by atoms with Gasteiger partial charge in [-0.3, -0.25) is 4.79 Å². The molecule has 1 atom stereocenters. The van der Waals surface area contributed by atoms with E-state index in [1.165, 1.54) is 30.6 Å². The molecule has 206 valence electrons. The minimum absolute atomic E-state index is 0.102. The lowest BCUT2D eigenvalue weighted by Crippen LogP contribution is -2.17. The van der Waals surface area contributed by atoms with Crippen molar-refractivity contribution in [2.75, 3.05) is 5.73 Å². The van der Waals surface area contributed by atoms with Crippen LogP contribution in [0, 0.1) is 11.6 Å². The second kappa shape index (κ2) is 10.1. The number of ether oxygens (including phenoxy) is 1. The smallest absolute Gasteiger partial charge is 0.203 e. The fourth-order valence-electron chi connectivity index (χ4n) is 4.96. The van der Waals surface area contributed by atoms with E-state index in [0.29, 0.717) is 27.9 Å². The number of nitrogens with two attached hydrogens (primary N) is 1. The number of nitrogen functional groups attached to an aromatic ring is 1. The summed E-state index contributed by atoms with van der Waals surface area (Å²) in [5, 5.41) is 5.05. The monoisotopic (exact) mass is 553 g/mol. The molecule has 41 heavy (non-hydrogen) atoms. The Hall–Kier alpha value is -5.12. The fraction of sp³-hybridized carbons (Fsp3) is 0.161. The van der Waals surface area contributed by atoms with Crippen molar-refractivity contribution in [3.63, 3.8) is 0 Å². The molecule has 0 saturated carbocycles. The first-order valence-corrected chi connectivity index (χ1v) is 13.0. The summed E-state index contributed by atoms with van der Waals surface area (Å²) in [7, 11) is 0. The van der Waals surface area contributed by atoms with Gasteiger partial charge in [-0.1, -0.05) is 36.4 Å². The van der Waals surface area contributed by atoms with Crippen molar-refractivity contribution in [2.45, 2.75) is 32.9 Å². The van der Waals surface area contributed by atoms with Crippen LogP contribution in [0.5, 0.6) is 5.75 Å². The first kappa shape index (κ1) is 26.1. The maximum Gasteiger partial charge on any atom is 0.203 e. The summed E-state index contributed by atoms with van der Waals surface area (Å²) in [6.07, 6.45) is 1.10. The Balaban J connectivity index is 1.59. The predicted octanol–water partition coefficient (Wildman–Crippen LogP) is 6.52. The number of hydrogen-bond donors (Lipinski definition) is 1. The van der Waals surface area contributed by atoms with E-state index in [4.69, 9.17) is 20.0 Å².